The molecule has 2 heterocycles. The molecular formula is C17H19ClN2O2S. The Kier molecular flexibility index (Phi) is 4.99. The summed E-state index contributed by atoms with van der Waals surface area (Å²) >= 11 is 7.57. The average Bonchev–Trinajstić information content (AvgIpc) is 2.95. The van der Waals surface area contributed by atoms with Crippen LogP contribution in [0.1, 0.15) is 18.2 Å². The van der Waals surface area contributed by atoms with Crippen LogP contribution in [0.25, 0.3) is 10.6 Å². The van der Waals surface area contributed by atoms with E-state index in [1.54, 1.807) is 11.3 Å². The molecule has 1 N–H and O–H groups in total. The van der Waals surface area contributed by atoms with Gasteiger partial charge in [0, 0.05) is 41.3 Å². The van der Waals surface area contributed by atoms with Gasteiger partial charge in [-0.2, -0.15) is 0 Å². The fourth-order valence-electron chi connectivity index (χ4n) is 3.10. The molecule has 6 heteroatoms. The van der Waals surface area contributed by atoms with Gasteiger partial charge in [-0.05, 0) is 24.5 Å². The fraction of sp³-hybridized carbons (Fsp3) is 0.412. The Hall–Kier alpha value is -1.43. The molecule has 0 saturated carbocycles. The lowest BCUT2D eigenvalue weighted by atomic mass is 9.90. The number of hydrogen-bond donors (Lipinski definition) is 1. The molecule has 2 atom stereocenters. The Morgan fingerprint density at radius 2 is 2.13 bits per heavy atom. The molecule has 1 saturated heterocycles. The highest BCUT2D eigenvalue weighted by molar-refractivity contribution is 7.15. The quantitative estimate of drug-likeness (QED) is 0.905. The molecule has 0 spiro atoms. The summed E-state index contributed by atoms with van der Waals surface area (Å²) in [6, 6.07) is 7.66. The number of halogens is 1. The molecule has 1 aromatic carbocycles. The largest absolute Gasteiger partial charge is 0.481 e. The number of thiazole rings is 1. The van der Waals surface area contributed by atoms with Crippen molar-refractivity contribution < 1.29 is 9.90 Å². The minimum absolute atomic E-state index is 0.262. The van der Waals surface area contributed by atoms with Crippen molar-refractivity contribution in [1.29, 1.82) is 0 Å². The van der Waals surface area contributed by atoms with E-state index in [1.807, 2.05) is 30.5 Å². The number of carbonyl (C=O) groups is 1. The first-order chi connectivity index (χ1) is 11.0. The number of nitrogens with zero attached hydrogens (tertiary/aromatic N) is 2. The molecular weight excluding hydrogens is 332 g/mol. The van der Waals surface area contributed by atoms with E-state index in [4.69, 9.17) is 11.6 Å². The molecule has 1 aliphatic rings. The number of carboxylic acids is 1. The third-order valence-corrected chi connectivity index (χ3v) is 5.39. The normalized spacial score (nSPS) is 22.2. The molecule has 1 aliphatic heterocycles. The molecule has 0 radical (unpaired) electrons. The maximum atomic E-state index is 11.3. The van der Waals surface area contributed by atoms with Gasteiger partial charge in [-0.25, -0.2) is 4.98 Å². The van der Waals surface area contributed by atoms with Crippen LogP contribution in [-0.4, -0.2) is 34.0 Å². The Labute approximate surface area is 144 Å². The summed E-state index contributed by atoms with van der Waals surface area (Å²) in [7, 11) is 0. The molecule has 1 fully saturated rings. The van der Waals surface area contributed by atoms with Gasteiger partial charge in [0.15, 0.2) is 0 Å². The van der Waals surface area contributed by atoms with E-state index in [0.29, 0.717) is 17.5 Å². The Bertz CT molecular complexity index is 686. The van der Waals surface area contributed by atoms with Gasteiger partial charge < -0.3 is 5.11 Å². The van der Waals surface area contributed by atoms with Crippen LogP contribution in [0.3, 0.4) is 0 Å². The SMILES string of the molecule is CC1CC(C(=O)O)CN(Cc2cnc(-c3ccc(Cl)cc3)s2)C1. The monoisotopic (exact) mass is 350 g/mol. The van der Waals surface area contributed by atoms with Crippen LogP contribution in [0, 0.1) is 11.8 Å². The number of rotatable bonds is 4. The molecule has 23 heavy (non-hydrogen) atoms. The molecule has 1 aromatic heterocycles. The highest BCUT2D eigenvalue weighted by atomic mass is 35.5. The van der Waals surface area contributed by atoms with Crippen LogP contribution in [0.15, 0.2) is 30.5 Å². The zero-order valence-electron chi connectivity index (χ0n) is 12.9. The zero-order valence-corrected chi connectivity index (χ0v) is 14.5. The van der Waals surface area contributed by atoms with E-state index in [9.17, 15) is 9.90 Å². The van der Waals surface area contributed by atoms with Gasteiger partial charge in [-0.3, -0.25) is 9.69 Å². The van der Waals surface area contributed by atoms with Crippen LogP contribution in [0.4, 0.5) is 0 Å². The van der Waals surface area contributed by atoms with Gasteiger partial charge in [0.25, 0.3) is 0 Å². The zero-order chi connectivity index (χ0) is 16.4. The number of aromatic nitrogens is 1. The van der Waals surface area contributed by atoms with Crippen molar-refractivity contribution in [2.75, 3.05) is 13.1 Å². The van der Waals surface area contributed by atoms with Crippen LogP contribution < -0.4 is 0 Å². The number of benzene rings is 1. The number of likely N-dealkylation sites (tertiary alicyclic amines) is 1. The molecule has 2 unspecified atom stereocenters. The molecule has 4 nitrogen and oxygen atoms in total. The smallest absolute Gasteiger partial charge is 0.307 e. The summed E-state index contributed by atoms with van der Waals surface area (Å²) < 4.78 is 0. The molecule has 0 amide bonds. The number of carboxylic acid groups (broad SMARTS) is 1. The molecule has 2 aromatic rings. The van der Waals surface area contributed by atoms with Crippen molar-refractivity contribution in [3.8, 4) is 10.6 Å². The topological polar surface area (TPSA) is 53.4 Å². The summed E-state index contributed by atoms with van der Waals surface area (Å²) in [4.78, 5) is 19.1. The summed E-state index contributed by atoms with van der Waals surface area (Å²) in [5, 5.41) is 11.0. The molecule has 0 aliphatic carbocycles. The highest BCUT2D eigenvalue weighted by Gasteiger charge is 2.29. The molecule has 3 rings (SSSR count). The highest BCUT2D eigenvalue weighted by Crippen LogP contribution is 2.29. The molecule has 122 valence electrons. The second kappa shape index (κ2) is 6.99. The van der Waals surface area contributed by atoms with Crippen LogP contribution in [-0.2, 0) is 11.3 Å². The van der Waals surface area contributed by atoms with Gasteiger partial charge in [-0.1, -0.05) is 30.7 Å². The van der Waals surface area contributed by atoms with Crippen LogP contribution in [0.5, 0.6) is 0 Å². The van der Waals surface area contributed by atoms with E-state index in [2.05, 4.69) is 16.8 Å². The van der Waals surface area contributed by atoms with Crippen molar-refractivity contribution in [1.82, 2.24) is 9.88 Å². The Morgan fingerprint density at radius 1 is 1.39 bits per heavy atom. The first-order valence-corrected chi connectivity index (χ1v) is 8.86. The van der Waals surface area contributed by atoms with Crippen molar-refractivity contribution in [3.63, 3.8) is 0 Å². The predicted molar refractivity (Wildman–Crippen MR) is 92.7 cm³/mol. The summed E-state index contributed by atoms with van der Waals surface area (Å²) in [5.74, 6) is -0.538. The van der Waals surface area contributed by atoms with E-state index >= 15 is 0 Å². The lowest BCUT2D eigenvalue weighted by Crippen LogP contribution is -2.41. The number of hydrogen-bond acceptors (Lipinski definition) is 4. The maximum Gasteiger partial charge on any atom is 0.307 e. The van der Waals surface area contributed by atoms with E-state index < -0.39 is 5.97 Å². The standard InChI is InChI=1S/C17H19ClN2O2S/c1-11-6-13(17(21)22)9-20(8-11)10-15-7-19-16(23-15)12-2-4-14(18)5-3-12/h2-5,7,11,13H,6,8-10H2,1H3,(H,21,22). The third kappa shape index (κ3) is 4.10. The molecule has 0 bridgehead atoms. The summed E-state index contributed by atoms with van der Waals surface area (Å²) in [5.41, 5.74) is 1.06. The van der Waals surface area contributed by atoms with Gasteiger partial charge in [0.1, 0.15) is 5.01 Å². The lowest BCUT2D eigenvalue weighted by Gasteiger charge is -2.34. The van der Waals surface area contributed by atoms with Crippen molar-refractivity contribution in [2.45, 2.75) is 19.9 Å². The van der Waals surface area contributed by atoms with E-state index in [1.165, 1.54) is 0 Å². The van der Waals surface area contributed by atoms with Crippen molar-refractivity contribution in [3.05, 3.63) is 40.4 Å². The van der Waals surface area contributed by atoms with Gasteiger partial charge >= 0.3 is 5.97 Å². The Balaban J connectivity index is 1.69. The second-order valence-corrected chi connectivity index (χ2v) is 7.76. The number of aliphatic carboxylic acids is 1. The maximum absolute atomic E-state index is 11.3. The van der Waals surface area contributed by atoms with Crippen molar-refractivity contribution in [2.24, 2.45) is 11.8 Å². The fourth-order valence-corrected chi connectivity index (χ4v) is 4.18. The van der Waals surface area contributed by atoms with Gasteiger partial charge in [0.05, 0.1) is 5.92 Å². The summed E-state index contributed by atoms with van der Waals surface area (Å²) in [6.07, 6.45) is 2.66. The van der Waals surface area contributed by atoms with E-state index in [-0.39, 0.29) is 5.92 Å². The third-order valence-electron chi connectivity index (χ3n) is 4.11. The first kappa shape index (κ1) is 16.4. The lowest BCUT2D eigenvalue weighted by molar-refractivity contribution is -0.144. The first-order valence-electron chi connectivity index (χ1n) is 7.67. The number of piperidine rings is 1. The Morgan fingerprint density at radius 3 is 2.83 bits per heavy atom. The van der Waals surface area contributed by atoms with Gasteiger partial charge in [-0.15, -0.1) is 11.3 Å². The predicted octanol–water partition coefficient (Wildman–Crippen LogP) is 4.01. The van der Waals surface area contributed by atoms with Crippen LogP contribution >= 0.6 is 22.9 Å². The second-order valence-electron chi connectivity index (χ2n) is 6.21. The van der Waals surface area contributed by atoms with E-state index in [0.717, 1.165) is 35.0 Å². The van der Waals surface area contributed by atoms with Gasteiger partial charge in [0.2, 0.25) is 0 Å². The minimum atomic E-state index is -0.687. The average molecular weight is 351 g/mol. The minimum Gasteiger partial charge on any atom is -0.481 e. The summed E-state index contributed by atoms with van der Waals surface area (Å²) in [6.45, 7) is 4.44. The van der Waals surface area contributed by atoms with Crippen molar-refractivity contribution >= 4 is 28.9 Å². The van der Waals surface area contributed by atoms with Crippen LogP contribution in [0.2, 0.25) is 5.02 Å².